The predicted octanol–water partition coefficient (Wildman–Crippen LogP) is 3.75. The topological polar surface area (TPSA) is 37.3 Å². The second kappa shape index (κ2) is 6.53. The van der Waals surface area contributed by atoms with E-state index in [9.17, 15) is 0 Å². The molecule has 0 aliphatic carbocycles. The van der Waals surface area contributed by atoms with Gasteiger partial charge in [0.05, 0.1) is 12.8 Å². The molecule has 0 radical (unpaired) electrons. The summed E-state index contributed by atoms with van der Waals surface area (Å²) < 4.78 is 0. The van der Waals surface area contributed by atoms with E-state index >= 15 is 0 Å². The fourth-order valence-corrected chi connectivity index (χ4v) is 2.54. The molecule has 0 fully saturated rings. The molecular formula is C18H23N3. The Bertz CT molecular complexity index is 629. The molecule has 0 aliphatic rings. The van der Waals surface area contributed by atoms with E-state index in [0.29, 0.717) is 0 Å². The number of hydrogen-bond donors (Lipinski definition) is 1. The van der Waals surface area contributed by atoms with E-state index in [1.54, 1.807) is 12.4 Å². The first-order valence-corrected chi connectivity index (χ1v) is 7.24. The molecule has 1 aromatic carbocycles. The third-order valence-corrected chi connectivity index (χ3v) is 4.42. The quantitative estimate of drug-likeness (QED) is 0.684. The summed E-state index contributed by atoms with van der Waals surface area (Å²) in [5.74, 6) is 0. The molecule has 0 aliphatic heterocycles. The van der Waals surface area contributed by atoms with Crippen LogP contribution in [0.4, 0.5) is 0 Å². The molecule has 0 amide bonds. The van der Waals surface area contributed by atoms with Crippen LogP contribution in [0.3, 0.4) is 0 Å². The van der Waals surface area contributed by atoms with Gasteiger partial charge in [0.2, 0.25) is 0 Å². The fourth-order valence-electron chi connectivity index (χ4n) is 2.54. The monoisotopic (exact) mass is 281 g/mol. The summed E-state index contributed by atoms with van der Waals surface area (Å²) in [4.78, 5) is 3.99. The minimum Gasteiger partial charge on any atom is -0.306 e. The van der Waals surface area contributed by atoms with Crippen LogP contribution in [-0.2, 0) is 6.54 Å². The minimum absolute atomic E-state index is 0.751. The van der Waals surface area contributed by atoms with Gasteiger partial charge in [0, 0.05) is 12.4 Å². The Morgan fingerprint density at radius 2 is 1.43 bits per heavy atom. The summed E-state index contributed by atoms with van der Waals surface area (Å²) >= 11 is 0. The molecule has 0 unspecified atom stereocenters. The average molecular weight is 281 g/mol. The summed E-state index contributed by atoms with van der Waals surface area (Å²) in [7, 11) is 0. The van der Waals surface area contributed by atoms with Crippen LogP contribution in [0.25, 0.3) is 0 Å². The Labute approximate surface area is 127 Å². The van der Waals surface area contributed by atoms with Gasteiger partial charge in [-0.1, -0.05) is 0 Å². The zero-order valence-corrected chi connectivity index (χ0v) is 13.5. The Hall–Kier alpha value is -2.16. The maximum atomic E-state index is 4.30. The highest BCUT2D eigenvalue weighted by molar-refractivity contribution is 5.78. The molecule has 1 heterocycles. The lowest BCUT2D eigenvalue weighted by molar-refractivity contribution is 0.737. The van der Waals surface area contributed by atoms with Crippen LogP contribution in [0.5, 0.6) is 0 Å². The molecule has 1 aromatic heterocycles. The maximum absolute atomic E-state index is 4.30. The van der Waals surface area contributed by atoms with E-state index in [1.807, 2.05) is 18.3 Å². The van der Waals surface area contributed by atoms with Crippen molar-refractivity contribution in [3.8, 4) is 0 Å². The van der Waals surface area contributed by atoms with Crippen molar-refractivity contribution in [2.75, 3.05) is 0 Å². The zero-order valence-electron chi connectivity index (χ0n) is 13.5. The predicted molar refractivity (Wildman–Crippen MR) is 88.8 cm³/mol. The molecule has 1 N–H and O–H groups in total. The summed E-state index contributed by atoms with van der Waals surface area (Å²) in [6.07, 6.45) is 5.35. The molecule has 0 atom stereocenters. The molecule has 2 rings (SSSR count). The molecule has 0 saturated carbocycles. The highest BCUT2D eigenvalue weighted by atomic mass is 15.3. The van der Waals surface area contributed by atoms with Crippen molar-refractivity contribution >= 4 is 6.21 Å². The number of aromatic nitrogens is 1. The molecule has 3 nitrogen and oxygen atoms in total. The van der Waals surface area contributed by atoms with Crippen LogP contribution in [0.1, 0.15) is 38.9 Å². The lowest BCUT2D eigenvalue weighted by Crippen LogP contribution is -2.11. The van der Waals surface area contributed by atoms with Gasteiger partial charge in [-0.3, -0.25) is 4.98 Å². The molecule has 0 saturated heterocycles. The Balaban J connectivity index is 2.13. The molecule has 110 valence electrons. The number of hydrogen-bond acceptors (Lipinski definition) is 3. The highest BCUT2D eigenvalue weighted by Gasteiger charge is 2.11. The second-order valence-electron chi connectivity index (χ2n) is 5.48. The van der Waals surface area contributed by atoms with Crippen molar-refractivity contribution in [1.82, 2.24) is 10.4 Å². The van der Waals surface area contributed by atoms with E-state index in [4.69, 9.17) is 0 Å². The SMILES string of the molecule is Cc1c(C)c(C)c(CNN=Cc2ccncc2)c(C)c1C. The van der Waals surface area contributed by atoms with Crippen molar-refractivity contribution in [3.63, 3.8) is 0 Å². The van der Waals surface area contributed by atoms with Crippen LogP contribution in [0, 0.1) is 34.6 Å². The lowest BCUT2D eigenvalue weighted by atomic mass is 9.90. The van der Waals surface area contributed by atoms with Crippen molar-refractivity contribution in [3.05, 3.63) is 63.5 Å². The lowest BCUT2D eigenvalue weighted by Gasteiger charge is -2.18. The maximum Gasteiger partial charge on any atom is 0.0585 e. The smallest absolute Gasteiger partial charge is 0.0585 e. The van der Waals surface area contributed by atoms with Gasteiger partial charge in [0.15, 0.2) is 0 Å². The molecule has 3 heteroatoms. The molecule has 0 spiro atoms. The summed E-state index contributed by atoms with van der Waals surface area (Å²) in [5.41, 5.74) is 12.4. The Kier molecular flexibility index (Phi) is 4.73. The van der Waals surface area contributed by atoms with Gasteiger partial charge in [0.25, 0.3) is 0 Å². The van der Waals surface area contributed by atoms with Crippen molar-refractivity contribution in [2.45, 2.75) is 41.2 Å². The van der Waals surface area contributed by atoms with Gasteiger partial charge in [-0.05, 0) is 85.7 Å². The van der Waals surface area contributed by atoms with E-state index in [0.717, 1.165) is 12.1 Å². The van der Waals surface area contributed by atoms with E-state index in [1.165, 1.54) is 33.4 Å². The molecule has 21 heavy (non-hydrogen) atoms. The van der Waals surface area contributed by atoms with E-state index in [2.05, 4.69) is 50.1 Å². The van der Waals surface area contributed by atoms with E-state index in [-0.39, 0.29) is 0 Å². The highest BCUT2D eigenvalue weighted by Crippen LogP contribution is 2.25. The normalized spacial score (nSPS) is 11.1. The number of nitrogens with zero attached hydrogens (tertiary/aromatic N) is 2. The van der Waals surface area contributed by atoms with Crippen molar-refractivity contribution in [1.29, 1.82) is 0 Å². The fraction of sp³-hybridized carbons (Fsp3) is 0.333. The van der Waals surface area contributed by atoms with Crippen LogP contribution in [0.2, 0.25) is 0 Å². The Morgan fingerprint density at radius 3 is 2.00 bits per heavy atom. The number of benzene rings is 1. The van der Waals surface area contributed by atoms with Gasteiger partial charge in [-0.25, -0.2) is 0 Å². The van der Waals surface area contributed by atoms with Gasteiger partial charge in [0.1, 0.15) is 0 Å². The van der Waals surface area contributed by atoms with Gasteiger partial charge in [-0.15, -0.1) is 0 Å². The van der Waals surface area contributed by atoms with Crippen LogP contribution in [-0.4, -0.2) is 11.2 Å². The number of hydrazone groups is 1. The van der Waals surface area contributed by atoms with Crippen LogP contribution < -0.4 is 5.43 Å². The molecular weight excluding hydrogens is 258 g/mol. The molecule has 2 aromatic rings. The van der Waals surface area contributed by atoms with Gasteiger partial charge >= 0.3 is 0 Å². The first-order chi connectivity index (χ1) is 10.0. The van der Waals surface area contributed by atoms with E-state index < -0.39 is 0 Å². The summed E-state index contributed by atoms with van der Waals surface area (Å²) in [5, 5.41) is 4.30. The number of nitrogens with one attached hydrogen (secondary N) is 1. The summed E-state index contributed by atoms with van der Waals surface area (Å²) in [6, 6.07) is 3.86. The Morgan fingerprint density at radius 1 is 0.905 bits per heavy atom. The molecule has 0 bridgehead atoms. The zero-order chi connectivity index (χ0) is 15.4. The first-order valence-electron chi connectivity index (χ1n) is 7.24. The van der Waals surface area contributed by atoms with Crippen LogP contribution >= 0.6 is 0 Å². The first kappa shape index (κ1) is 15.2. The number of rotatable bonds is 4. The average Bonchev–Trinajstić information content (AvgIpc) is 2.51. The minimum atomic E-state index is 0.751. The summed E-state index contributed by atoms with van der Waals surface area (Å²) in [6.45, 7) is 11.7. The van der Waals surface area contributed by atoms with Crippen molar-refractivity contribution < 1.29 is 0 Å². The number of pyridine rings is 1. The van der Waals surface area contributed by atoms with Crippen LogP contribution in [0.15, 0.2) is 29.6 Å². The largest absolute Gasteiger partial charge is 0.306 e. The third-order valence-electron chi connectivity index (χ3n) is 4.42. The third kappa shape index (κ3) is 3.30. The standard InChI is InChI=1S/C18H23N3/c1-12-13(2)15(4)18(16(5)14(12)3)11-21-20-10-17-6-8-19-9-7-17/h6-10,21H,11H2,1-5H3. The van der Waals surface area contributed by atoms with Gasteiger partial charge < -0.3 is 5.43 Å². The van der Waals surface area contributed by atoms with Gasteiger partial charge in [-0.2, -0.15) is 5.10 Å². The second-order valence-corrected chi connectivity index (χ2v) is 5.48. The van der Waals surface area contributed by atoms with Crippen molar-refractivity contribution in [2.24, 2.45) is 5.10 Å².